The fraction of sp³-hybridized carbons (Fsp3) is 0.357. The van der Waals surface area contributed by atoms with E-state index in [0.29, 0.717) is 0 Å². The molecule has 1 aliphatic rings. The van der Waals surface area contributed by atoms with Crippen LogP contribution < -0.4 is 5.32 Å². The summed E-state index contributed by atoms with van der Waals surface area (Å²) in [5.41, 5.74) is 0.275. The zero-order valence-electron chi connectivity index (χ0n) is 11.8. The molecule has 0 radical (unpaired) electrons. The molecule has 2 heterocycles. The minimum Gasteiger partial charge on any atom is -0.337 e. The first-order valence-electron chi connectivity index (χ1n) is 6.92. The maximum Gasteiger partial charge on any atom is 0.317 e. The van der Waals surface area contributed by atoms with E-state index in [-0.39, 0.29) is 29.9 Å². The fourth-order valence-electron chi connectivity index (χ4n) is 2.11. The highest BCUT2D eigenvalue weighted by atomic mass is 32.2. The van der Waals surface area contributed by atoms with Crippen molar-refractivity contribution in [1.82, 2.24) is 20.4 Å². The number of rotatable bonds is 3. The molecule has 0 aliphatic carbocycles. The highest BCUT2D eigenvalue weighted by Crippen LogP contribution is 2.19. The van der Waals surface area contributed by atoms with E-state index < -0.39 is 5.82 Å². The molecule has 1 aliphatic heterocycles. The number of aromatic nitrogens is 2. The number of nitrogens with zero attached hydrogens (tertiary/aromatic N) is 3. The molecule has 2 amide bonds. The lowest BCUT2D eigenvalue weighted by atomic mass is 10.2. The molecule has 116 valence electrons. The van der Waals surface area contributed by atoms with E-state index in [4.69, 9.17) is 4.52 Å². The minimum absolute atomic E-state index is 0.129. The van der Waals surface area contributed by atoms with Crippen molar-refractivity contribution in [1.29, 1.82) is 0 Å². The number of thioether (sulfide) groups is 1. The molecule has 8 heteroatoms. The van der Waals surface area contributed by atoms with E-state index in [9.17, 15) is 9.18 Å². The first-order valence-corrected chi connectivity index (χ1v) is 8.07. The minimum atomic E-state index is -0.412. The Morgan fingerprint density at radius 2 is 2.14 bits per heavy atom. The van der Waals surface area contributed by atoms with Gasteiger partial charge in [0.2, 0.25) is 11.7 Å². The highest BCUT2D eigenvalue weighted by Gasteiger charge is 2.18. The van der Waals surface area contributed by atoms with Crippen LogP contribution in [0.25, 0.3) is 11.4 Å². The van der Waals surface area contributed by atoms with Gasteiger partial charge in [0.05, 0.1) is 12.1 Å². The van der Waals surface area contributed by atoms with Gasteiger partial charge >= 0.3 is 6.03 Å². The molecule has 1 fully saturated rings. The molecule has 1 saturated heterocycles. The molecule has 0 spiro atoms. The number of hydrogen-bond acceptors (Lipinski definition) is 5. The number of carbonyl (C=O) groups is 1. The predicted molar refractivity (Wildman–Crippen MR) is 80.8 cm³/mol. The molecular formula is C14H15FN4O2S. The largest absolute Gasteiger partial charge is 0.337 e. The van der Waals surface area contributed by atoms with Crippen molar-refractivity contribution >= 4 is 17.8 Å². The first-order chi connectivity index (χ1) is 10.7. The van der Waals surface area contributed by atoms with Crippen molar-refractivity contribution in [3.63, 3.8) is 0 Å². The lowest BCUT2D eigenvalue weighted by Gasteiger charge is -2.26. The Kier molecular flexibility index (Phi) is 4.57. The standard InChI is InChI=1S/C14H15FN4O2S/c15-11-4-2-1-3-10(11)13-17-12(21-18-13)9-16-14(20)19-5-7-22-8-6-19/h1-4H,5-9H2,(H,16,20). The second-order valence-electron chi connectivity index (χ2n) is 4.75. The van der Waals surface area contributed by atoms with Gasteiger partial charge in [-0.3, -0.25) is 0 Å². The van der Waals surface area contributed by atoms with Crippen LogP contribution in [-0.4, -0.2) is 45.7 Å². The van der Waals surface area contributed by atoms with Crippen LogP contribution >= 0.6 is 11.8 Å². The number of hydrogen-bond donors (Lipinski definition) is 1. The second kappa shape index (κ2) is 6.78. The molecule has 3 rings (SSSR count). The molecule has 1 aromatic heterocycles. The lowest BCUT2D eigenvalue weighted by molar-refractivity contribution is 0.201. The zero-order valence-corrected chi connectivity index (χ0v) is 12.6. The summed E-state index contributed by atoms with van der Waals surface area (Å²) >= 11 is 1.83. The van der Waals surface area contributed by atoms with Crippen LogP contribution in [0.2, 0.25) is 0 Å². The van der Waals surface area contributed by atoms with Crippen molar-refractivity contribution in [3.05, 3.63) is 36.0 Å². The van der Waals surface area contributed by atoms with Crippen LogP contribution in [0.5, 0.6) is 0 Å². The number of urea groups is 1. The van der Waals surface area contributed by atoms with Crippen LogP contribution in [0.3, 0.4) is 0 Å². The molecular weight excluding hydrogens is 307 g/mol. The summed E-state index contributed by atoms with van der Waals surface area (Å²) in [6.45, 7) is 1.60. The van der Waals surface area contributed by atoms with Gasteiger partial charge in [-0.1, -0.05) is 17.3 Å². The average molecular weight is 322 g/mol. The summed E-state index contributed by atoms with van der Waals surface area (Å²) in [5, 5.41) is 6.48. The van der Waals surface area contributed by atoms with E-state index in [0.717, 1.165) is 24.6 Å². The fourth-order valence-corrected chi connectivity index (χ4v) is 3.01. The number of carbonyl (C=O) groups excluding carboxylic acids is 1. The van der Waals surface area contributed by atoms with Crippen LogP contribution in [0.4, 0.5) is 9.18 Å². The smallest absolute Gasteiger partial charge is 0.317 e. The van der Waals surface area contributed by atoms with Crippen LogP contribution in [0.1, 0.15) is 5.89 Å². The topological polar surface area (TPSA) is 71.3 Å². The summed E-state index contributed by atoms with van der Waals surface area (Å²) in [5.74, 6) is 1.91. The van der Waals surface area contributed by atoms with Gasteiger partial charge in [-0.25, -0.2) is 9.18 Å². The molecule has 0 bridgehead atoms. The number of nitrogens with one attached hydrogen (secondary N) is 1. The normalized spacial score (nSPS) is 14.9. The van der Waals surface area contributed by atoms with Gasteiger partial charge in [0.25, 0.3) is 0 Å². The summed E-state index contributed by atoms with van der Waals surface area (Å²) < 4.78 is 18.7. The summed E-state index contributed by atoms with van der Waals surface area (Å²) in [6, 6.07) is 6.06. The monoisotopic (exact) mass is 322 g/mol. The van der Waals surface area contributed by atoms with Crippen molar-refractivity contribution in [3.8, 4) is 11.4 Å². The van der Waals surface area contributed by atoms with Crippen LogP contribution in [-0.2, 0) is 6.54 Å². The van der Waals surface area contributed by atoms with E-state index in [1.807, 2.05) is 11.8 Å². The second-order valence-corrected chi connectivity index (χ2v) is 5.97. The first kappa shape index (κ1) is 14.8. The maximum atomic E-state index is 13.6. The van der Waals surface area contributed by atoms with Gasteiger partial charge in [-0.15, -0.1) is 0 Å². The van der Waals surface area contributed by atoms with Gasteiger partial charge in [-0.05, 0) is 12.1 Å². The molecule has 1 aromatic carbocycles. The van der Waals surface area contributed by atoms with Gasteiger partial charge in [0.15, 0.2) is 0 Å². The molecule has 22 heavy (non-hydrogen) atoms. The van der Waals surface area contributed by atoms with E-state index in [2.05, 4.69) is 15.5 Å². The summed E-state index contributed by atoms with van der Waals surface area (Å²) in [4.78, 5) is 17.8. The Hall–Kier alpha value is -2.09. The van der Waals surface area contributed by atoms with Gasteiger partial charge in [-0.2, -0.15) is 16.7 Å². The maximum absolute atomic E-state index is 13.6. The number of halogens is 1. The third-order valence-corrected chi connectivity index (χ3v) is 4.21. The van der Waals surface area contributed by atoms with E-state index in [1.165, 1.54) is 6.07 Å². The van der Waals surface area contributed by atoms with Crippen molar-refractivity contribution in [2.75, 3.05) is 24.6 Å². The number of benzene rings is 1. The summed E-state index contributed by atoms with van der Waals surface area (Å²) in [6.07, 6.45) is 0. The Morgan fingerprint density at radius 1 is 1.36 bits per heavy atom. The SMILES string of the molecule is O=C(NCc1nc(-c2ccccc2F)no1)N1CCSCC1. The third kappa shape index (κ3) is 3.38. The highest BCUT2D eigenvalue weighted by molar-refractivity contribution is 7.99. The van der Waals surface area contributed by atoms with Gasteiger partial charge in [0, 0.05) is 24.6 Å². The summed E-state index contributed by atoms with van der Waals surface area (Å²) in [7, 11) is 0. The van der Waals surface area contributed by atoms with Gasteiger partial charge in [0.1, 0.15) is 5.82 Å². The molecule has 0 atom stereocenters. The molecule has 6 nitrogen and oxygen atoms in total. The van der Waals surface area contributed by atoms with Crippen LogP contribution in [0.15, 0.2) is 28.8 Å². The zero-order chi connectivity index (χ0) is 15.4. The van der Waals surface area contributed by atoms with E-state index in [1.54, 1.807) is 23.1 Å². The lowest BCUT2D eigenvalue weighted by Crippen LogP contribution is -2.44. The third-order valence-electron chi connectivity index (χ3n) is 3.27. The molecule has 2 aromatic rings. The van der Waals surface area contributed by atoms with Crippen LogP contribution in [0, 0.1) is 5.82 Å². The Morgan fingerprint density at radius 3 is 2.91 bits per heavy atom. The van der Waals surface area contributed by atoms with Crippen molar-refractivity contribution < 1.29 is 13.7 Å². The van der Waals surface area contributed by atoms with Crippen molar-refractivity contribution in [2.45, 2.75) is 6.54 Å². The Labute approximate surface area is 131 Å². The van der Waals surface area contributed by atoms with Crippen molar-refractivity contribution in [2.24, 2.45) is 0 Å². The predicted octanol–water partition coefficient (Wildman–Crippen LogP) is 2.13. The number of amides is 2. The van der Waals surface area contributed by atoms with E-state index >= 15 is 0 Å². The molecule has 0 unspecified atom stereocenters. The Balaban J connectivity index is 1.60. The van der Waals surface area contributed by atoms with Gasteiger partial charge < -0.3 is 14.7 Å². The Bertz CT molecular complexity index is 658. The average Bonchev–Trinajstić information content (AvgIpc) is 3.02. The quantitative estimate of drug-likeness (QED) is 0.937. The molecule has 0 saturated carbocycles. The molecule has 1 N–H and O–H groups in total.